The predicted octanol–water partition coefficient (Wildman–Crippen LogP) is 3.20. The summed E-state index contributed by atoms with van der Waals surface area (Å²) in [4.78, 5) is 17.6. The van der Waals surface area contributed by atoms with Crippen LogP contribution in [0.4, 0.5) is 5.69 Å². The molecule has 1 atom stereocenters. The number of halogens is 1. The highest BCUT2D eigenvalue weighted by Crippen LogP contribution is 2.26. The highest BCUT2D eigenvalue weighted by atomic mass is 79.9. The Morgan fingerprint density at radius 1 is 0.900 bits per heavy atom. The fourth-order valence-corrected chi connectivity index (χ4v) is 5.99. The van der Waals surface area contributed by atoms with E-state index in [2.05, 4.69) is 33.0 Å². The van der Waals surface area contributed by atoms with E-state index in [4.69, 9.17) is 0 Å². The van der Waals surface area contributed by atoms with Crippen LogP contribution in [0.2, 0.25) is 0 Å². The van der Waals surface area contributed by atoms with Gasteiger partial charge in [0, 0.05) is 49.4 Å². The second-order valence-corrected chi connectivity index (χ2v) is 10.7. The molecule has 0 radical (unpaired) electrons. The summed E-state index contributed by atoms with van der Waals surface area (Å²) in [6.07, 6.45) is 1.44. The average Bonchev–Trinajstić information content (AvgIpc) is 2.80. The van der Waals surface area contributed by atoms with Gasteiger partial charge in [0.2, 0.25) is 15.9 Å². The van der Waals surface area contributed by atoms with Crippen molar-refractivity contribution in [2.45, 2.75) is 17.7 Å². The fraction of sp³-hybridized carbons (Fsp3) is 0.409. The van der Waals surface area contributed by atoms with Gasteiger partial charge in [-0.25, -0.2) is 8.42 Å². The van der Waals surface area contributed by atoms with E-state index >= 15 is 0 Å². The molecule has 0 spiro atoms. The first-order valence-electron chi connectivity index (χ1n) is 10.3. The van der Waals surface area contributed by atoms with E-state index in [0.717, 1.165) is 24.0 Å². The zero-order valence-electron chi connectivity index (χ0n) is 16.8. The molecule has 0 saturated carbocycles. The zero-order valence-corrected chi connectivity index (χ0v) is 19.2. The fourth-order valence-electron chi connectivity index (χ4n) is 4.20. The summed E-state index contributed by atoms with van der Waals surface area (Å²) in [6, 6.07) is 16.9. The van der Waals surface area contributed by atoms with Crippen molar-refractivity contribution >= 4 is 37.5 Å². The van der Waals surface area contributed by atoms with Crippen LogP contribution >= 0.6 is 15.9 Å². The van der Waals surface area contributed by atoms with E-state index in [-0.39, 0.29) is 23.3 Å². The van der Waals surface area contributed by atoms with Crippen LogP contribution in [0.15, 0.2) is 64.0 Å². The lowest BCUT2D eigenvalue weighted by atomic mass is 9.97. The number of benzene rings is 2. The van der Waals surface area contributed by atoms with Crippen molar-refractivity contribution in [3.8, 4) is 0 Å². The number of carbonyl (C=O) groups excluding carboxylic acids is 1. The van der Waals surface area contributed by atoms with Crippen LogP contribution in [-0.4, -0.2) is 62.8 Å². The molecule has 2 aromatic rings. The predicted molar refractivity (Wildman–Crippen MR) is 121 cm³/mol. The Kier molecular flexibility index (Phi) is 6.46. The van der Waals surface area contributed by atoms with E-state index in [1.54, 1.807) is 24.3 Å². The Labute approximate surface area is 186 Å². The number of carbonyl (C=O) groups is 1. The summed E-state index contributed by atoms with van der Waals surface area (Å²) in [5.41, 5.74) is 1.18. The van der Waals surface area contributed by atoms with E-state index in [1.807, 2.05) is 23.1 Å². The Hall–Kier alpha value is -1.90. The Balaban J connectivity index is 1.39. The van der Waals surface area contributed by atoms with Gasteiger partial charge in [0.15, 0.2) is 0 Å². The minimum Gasteiger partial charge on any atom is -0.368 e. The van der Waals surface area contributed by atoms with Crippen molar-refractivity contribution in [3.63, 3.8) is 0 Å². The minimum atomic E-state index is -3.59. The maximum Gasteiger partial charge on any atom is 0.243 e. The molecule has 0 unspecified atom stereocenters. The van der Waals surface area contributed by atoms with Crippen molar-refractivity contribution < 1.29 is 13.2 Å². The number of sulfonamides is 1. The number of amides is 1. The summed E-state index contributed by atoms with van der Waals surface area (Å²) >= 11 is 3.34. The van der Waals surface area contributed by atoms with E-state index in [0.29, 0.717) is 26.1 Å². The molecule has 2 aliphatic heterocycles. The molecule has 2 heterocycles. The van der Waals surface area contributed by atoms with Crippen LogP contribution in [0.3, 0.4) is 0 Å². The number of hydrogen-bond donors (Lipinski definition) is 0. The van der Waals surface area contributed by atoms with Crippen molar-refractivity contribution in [2.75, 3.05) is 44.2 Å². The molecular formula is C22H26BrN3O3S. The zero-order chi connectivity index (χ0) is 21.1. The number of rotatable bonds is 4. The Morgan fingerprint density at radius 3 is 2.23 bits per heavy atom. The molecule has 160 valence electrons. The molecule has 6 nitrogen and oxygen atoms in total. The standard InChI is InChI=1S/C22H26BrN3O3S/c23-19-8-10-21(11-9-19)30(28,29)26-12-4-5-18(17-26)22(27)25-15-13-24(14-16-25)20-6-2-1-3-7-20/h1-3,6-11,18H,4-5,12-17H2/t18-/m0/s1. The van der Waals surface area contributed by atoms with Gasteiger partial charge in [-0.1, -0.05) is 34.1 Å². The monoisotopic (exact) mass is 491 g/mol. The molecule has 30 heavy (non-hydrogen) atoms. The smallest absolute Gasteiger partial charge is 0.243 e. The lowest BCUT2D eigenvalue weighted by Crippen LogP contribution is -2.53. The van der Waals surface area contributed by atoms with E-state index in [1.165, 1.54) is 9.99 Å². The first-order valence-corrected chi connectivity index (χ1v) is 12.5. The molecule has 0 N–H and O–H groups in total. The molecule has 1 amide bonds. The van der Waals surface area contributed by atoms with Gasteiger partial charge < -0.3 is 9.80 Å². The van der Waals surface area contributed by atoms with Gasteiger partial charge in [-0.3, -0.25) is 4.79 Å². The summed E-state index contributed by atoms with van der Waals surface area (Å²) in [6.45, 7) is 3.65. The summed E-state index contributed by atoms with van der Waals surface area (Å²) < 4.78 is 28.4. The topological polar surface area (TPSA) is 60.9 Å². The average molecular weight is 492 g/mol. The molecule has 2 aliphatic rings. The first kappa shape index (κ1) is 21.3. The molecule has 0 bridgehead atoms. The maximum atomic E-state index is 13.1. The highest BCUT2D eigenvalue weighted by Gasteiger charge is 2.35. The Morgan fingerprint density at radius 2 is 1.57 bits per heavy atom. The number of nitrogens with zero attached hydrogens (tertiary/aromatic N) is 3. The lowest BCUT2D eigenvalue weighted by Gasteiger charge is -2.39. The van der Waals surface area contributed by atoms with Crippen LogP contribution in [0, 0.1) is 5.92 Å². The van der Waals surface area contributed by atoms with Gasteiger partial charge in [-0.05, 0) is 49.2 Å². The second kappa shape index (κ2) is 9.08. The molecule has 0 aromatic heterocycles. The molecule has 0 aliphatic carbocycles. The van der Waals surface area contributed by atoms with Gasteiger partial charge in [-0.15, -0.1) is 0 Å². The van der Waals surface area contributed by atoms with Crippen LogP contribution in [0.5, 0.6) is 0 Å². The van der Waals surface area contributed by atoms with Gasteiger partial charge in [0.1, 0.15) is 0 Å². The number of anilines is 1. The second-order valence-electron chi connectivity index (χ2n) is 7.80. The van der Waals surface area contributed by atoms with E-state index in [9.17, 15) is 13.2 Å². The maximum absolute atomic E-state index is 13.1. The van der Waals surface area contributed by atoms with Crippen LogP contribution in [0.1, 0.15) is 12.8 Å². The van der Waals surface area contributed by atoms with Gasteiger partial charge >= 0.3 is 0 Å². The number of hydrogen-bond acceptors (Lipinski definition) is 4. The van der Waals surface area contributed by atoms with Crippen LogP contribution in [-0.2, 0) is 14.8 Å². The molecule has 2 aromatic carbocycles. The number of piperazine rings is 1. The number of para-hydroxylation sites is 1. The molecular weight excluding hydrogens is 466 g/mol. The van der Waals surface area contributed by atoms with Crippen molar-refractivity contribution in [2.24, 2.45) is 5.92 Å². The normalized spacial score (nSPS) is 20.9. The first-order chi connectivity index (χ1) is 14.4. The quantitative estimate of drug-likeness (QED) is 0.658. The highest BCUT2D eigenvalue weighted by molar-refractivity contribution is 9.10. The summed E-state index contributed by atoms with van der Waals surface area (Å²) in [7, 11) is -3.59. The summed E-state index contributed by atoms with van der Waals surface area (Å²) in [5, 5.41) is 0. The van der Waals surface area contributed by atoms with Crippen molar-refractivity contribution in [1.29, 1.82) is 0 Å². The van der Waals surface area contributed by atoms with Gasteiger partial charge in [0.25, 0.3) is 0 Å². The SMILES string of the molecule is O=C([C@H]1CCCN(S(=O)(=O)c2ccc(Br)cc2)C1)N1CCN(c2ccccc2)CC1. The molecule has 2 saturated heterocycles. The molecule has 4 rings (SSSR count). The molecule has 2 fully saturated rings. The third-order valence-electron chi connectivity index (χ3n) is 5.90. The van der Waals surface area contributed by atoms with Crippen LogP contribution in [0.25, 0.3) is 0 Å². The van der Waals surface area contributed by atoms with Gasteiger partial charge in [0.05, 0.1) is 10.8 Å². The van der Waals surface area contributed by atoms with Gasteiger partial charge in [-0.2, -0.15) is 4.31 Å². The van der Waals surface area contributed by atoms with Crippen LogP contribution < -0.4 is 4.90 Å². The lowest BCUT2D eigenvalue weighted by molar-refractivity contribution is -0.137. The molecule has 8 heteroatoms. The van der Waals surface area contributed by atoms with Crippen molar-refractivity contribution in [3.05, 3.63) is 59.1 Å². The summed E-state index contributed by atoms with van der Waals surface area (Å²) in [5.74, 6) is -0.189. The Bertz CT molecular complexity index is 974. The minimum absolute atomic E-state index is 0.0819. The third-order valence-corrected chi connectivity index (χ3v) is 8.31. The third kappa shape index (κ3) is 4.55. The van der Waals surface area contributed by atoms with Crippen molar-refractivity contribution in [1.82, 2.24) is 9.21 Å². The van der Waals surface area contributed by atoms with E-state index < -0.39 is 10.0 Å². The largest absolute Gasteiger partial charge is 0.368 e. The number of piperidine rings is 1.